The first-order chi connectivity index (χ1) is 14.1. The van der Waals surface area contributed by atoms with Gasteiger partial charge < -0.3 is 9.88 Å². The number of fused-ring (bicyclic) bond motifs is 3. The molecule has 2 aromatic carbocycles. The van der Waals surface area contributed by atoms with Crippen LogP contribution in [0.25, 0.3) is 21.8 Å². The number of alkyl halides is 6. The van der Waals surface area contributed by atoms with Crippen molar-refractivity contribution < 1.29 is 26.3 Å². The van der Waals surface area contributed by atoms with E-state index in [2.05, 4.69) is 5.32 Å². The molecule has 162 valence electrons. The number of benzene rings is 2. The molecule has 1 aromatic heterocycles. The van der Waals surface area contributed by atoms with Gasteiger partial charge in [0.05, 0.1) is 16.6 Å². The van der Waals surface area contributed by atoms with Crippen LogP contribution < -0.4 is 5.32 Å². The van der Waals surface area contributed by atoms with E-state index in [-0.39, 0.29) is 21.7 Å². The van der Waals surface area contributed by atoms with Crippen molar-refractivity contribution >= 4 is 33.6 Å². The van der Waals surface area contributed by atoms with Gasteiger partial charge in [-0.3, -0.25) is 0 Å². The predicted octanol–water partition coefficient (Wildman–Crippen LogP) is 6.87. The topological polar surface area (TPSA) is 17.0 Å². The van der Waals surface area contributed by atoms with Crippen molar-refractivity contribution in [2.45, 2.75) is 42.6 Å². The largest absolute Gasteiger partial charge is 0.417 e. The molecule has 3 aromatic rings. The molecule has 0 bridgehead atoms. The van der Waals surface area contributed by atoms with Crippen LogP contribution in [0, 0.1) is 0 Å². The van der Waals surface area contributed by atoms with Gasteiger partial charge in [0, 0.05) is 27.2 Å². The Labute approximate surface area is 173 Å². The van der Waals surface area contributed by atoms with Crippen molar-refractivity contribution in [1.29, 1.82) is 0 Å². The smallest absolute Gasteiger partial charge is 0.337 e. The van der Waals surface area contributed by atoms with Gasteiger partial charge in [-0.1, -0.05) is 0 Å². The van der Waals surface area contributed by atoms with Crippen molar-refractivity contribution in [2.24, 2.45) is 0 Å². The van der Waals surface area contributed by atoms with E-state index >= 15 is 0 Å². The van der Waals surface area contributed by atoms with Gasteiger partial charge in [-0.15, -0.1) is 11.8 Å². The van der Waals surface area contributed by atoms with Gasteiger partial charge in [-0.05, 0) is 68.9 Å². The lowest BCUT2D eigenvalue weighted by Gasteiger charge is -2.20. The SMILES string of the molecule is CSc1c(C(F)(F)F)ccc2c1c1cc(C(F)(F)F)ccc1n2C1CCCNCC1. The summed E-state index contributed by atoms with van der Waals surface area (Å²) in [5, 5.41) is 3.76. The van der Waals surface area contributed by atoms with Gasteiger partial charge in [-0.2, -0.15) is 26.3 Å². The molecule has 0 spiro atoms. The zero-order valence-corrected chi connectivity index (χ0v) is 16.9. The molecule has 9 heteroatoms. The maximum absolute atomic E-state index is 13.6. The van der Waals surface area contributed by atoms with Crippen LogP contribution in [0.15, 0.2) is 35.2 Å². The maximum Gasteiger partial charge on any atom is 0.417 e. The molecule has 0 amide bonds. The Morgan fingerprint density at radius 3 is 2.33 bits per heavy atom. The standard InChI is InChI=1S/C21H20F6N2S/c1-30-19-15(21(25,26)27)5-7-17-18(19)14-11-12(20(22,23)24)4-6-16(14)29(17)13-3-2-9-28-10-8-13/h4-7,11,13,28H,2-3,8-10H2,1H3. The fourth-order valence-corrected chi connectivity index (χ4v) is 5.20. The Kier molecular flexibility index (Phi) is 5.47. The zero-order chi connectivity index (χ0) is 21.7. The normalized spacial score (nSPS) is 18.8. The van der Waals surface area contributed by atoms with E-state index in [1.807, 2.05) is 4.57 Å². The fourth-order valence-electron chi connectivity index (χ4n) is 4.37. The highest BCUT2D eigenvalue weighted by atomic mass is 32.2. The number of thioether (sulfide) groups is 1. The van der Waals surface area contributed by atoms with Gasteiger partial charge in [-0.25, -0.2) is 0 Å². The first-order valence-electron chi connectivity index (χ1n) is 9.62. The van der Waals surface area contributed by atoms with Crippen LogP contribution in [0.1, 0.15) is 36.4 Å². The molecule has 2 heterocycles. The van der Waals surface area contributed by atoms with Crippen LogP contribution in [0.4, 0.5) is 26.3 Å². The maximum atomic E-state index is 13.6. The second kappa shape index (κ2) is 7.67. The summed E-state index contributed by atoms with van der Waals surface area (Å²) in [6.45, 7) is 1.60. The summed E-state index contributed by atoms with van der Waals surface area (Å²) in [5.41, 5.74) is -0.587. The van der Waals surface area contributed by atoms with E-state index < -0.39 is 23.5 Å². The molecule has 1 unspecified atom stereocenters. The second-order valence-corrected chi connectivity index (χ2v) is 8.29. The fraction of sp³-hybridized carbons (Fsp3) is 0.429. The summed E-state index contributed by atoms with van der Waals surface area (Å²) < 4.78 is 83.0. The van der Waals surface area contributed by atoms with Crippen LogP contribution >= 0.6 is 11.8 Å². The highest BCUT2D eigenvalue weighted by Gasteiger charge is 2.36. The molecule has 0 saturated carbocycles. The molecule has 1 aliphatic heterocycles. The molecule has 1 atom stereocenters. The third-order valence-corrected chi connectivity index (χ3v) is 6.50. The quantitative estimate of drug-likeness (QED) is 0.342. The van der Waals surface area contributed by atoms with Gasteiger partial charge in [0.2, 0.25) is 0 Å². The molecule has 1 saturated heterocycles. The van der Waals surface area contributed by atoms with Crippen molar-refractivity contribution in [3.8, 4) is 0 Å². The van der Waals surface area contributed by atoms with Gasteiger partial charge in [0.1, 0.15) is 0 Å². The molecule has 1 aliphatic rings. The molecule has 0 radical (unpaired) electrons. The number of halogens is 6. The van der Waals surface area contributed by atoms with E-state index in [1.165, 1.54) is 18.4 Å². The number of nitrogens with zero attached hydrogens (tertiary/aromatic N) is 1. The molecular weight excluding hydrogens is 426 g/mol. The van der Waals surface area contributed by atoms with Crippen LogP contribution in [0.3, 0.4) is 0 Å². The lowest BCUT2D eigenvalue weighted by atomic mass is 10.1. The van der Waals surface area contributed by atoms with Crippen LogP contribution in [-0.2, 0) is 12.4 Å². The third kappa shape index (κ3) is 3.66. The number of hydrogen-bond acceptors (Lipinski definition) is 2. The summed E-state index contributed by atoms with van der Waals surface area (Å²) >= 11 is 0.917. The Morgan fingerprint density at radius 1 is 0.933 bits per heavy atom. The summed E-state index contributed by atoms with van der Waals surface area (Å²) in [7, 11) is 0. The summed E-state index contributed by atoms with van der Waals surface area (Å²) in [6, 6.07) is 5.85. The van der Waals surface area contributed by atoms with Crippen LogP contribution in [0.2, 0.25) is 0 Å². The monoisotopic (exact) mass is 446 g/mol. The van der Waals surface area contributed by atoms with E-state index in [4.69, 9.17) is 0 Å². The lowest BCUT2D eigenvalue weighted by Crippen LogP contribution is -2.15. The lowest BCUT2D eigenvalue weighted by molar-refractivity contribution is -0.139. The average molecular weight is 446 g/mol. The average Bonchev–Trinajstić information content (AvgIpc) is 2.81. The molecular formula is C21H20F6N2S. The molecule has 0 aliphatic carbocycles. The number of rotatable bonds is 2. The van der Waals surface area contributed by atoms with E-state index in [1.54, 1.807) is 0 Å². The Bertz CT molecular complexity index is 1080. The highest BCUT2D eigenvalue weighted by molar-refractivity contribution is 7.98. The number of aromatic nitrogens is 1. The zero-order valence-electron chi connectivity index (χ0n) is 16.1. The third-order valence-electron chi connectivity index (χ3n) is 5.67. The van der Waals surface area contributed by atoms with Crippen molar-refractivity contribution in [3.05, 3.63) is 41.5 Å². The highest BCUT2D eigenvalue weighted by Crippen LogP contribution is 2.46. The van der Waals surface area contributed by atoms with Gasteiger partial charge in [0.25, 0.3) is 0 Å². The summed E-state index contributed by atoms with van der Waals surface area (Å²) in [5.74, 6) is 0. The minimum atomic E-state index is -4.59. The number of hydrogen-bond donors (Lipinski definition) is 1. The minimum Gasteiger partial charge on any atom is -0.337 e. The molecule has 2 nitrogen and oxygen atoms in total. The molecule has 4 rings (SSSR count). The Hall–Kier alpha value is -1.87. The van der Waals surface area contributed by atoms with Crippen molar-refractivity contribution in [1.82, 2.24) is 9.88 Å². The van der Waals surface area contributed by atoms with E-state index in [0.29, 0.717) is 11.0 Å². The van der Waals surface area contributed by atoms with Gasteiger partial charge in [0.15, 0.2) is 0 Å². The Balaban J connectivity index is 2.10. The first-order valence-corrected chi connectivity index (χ1v) is 10.8. The first kappa shape index (κ1) is 21.4. The molecule has 1 fully saturated rings. The Morgan fingerprint density at radius 2 is 1.67 bits per heavy atom. The summed E-state index contributed by atoms with van der Waals surface area (Å²) in [4.78, 5) is -0.0326. The second-order valence-electron chi connectivity index (χ2n) is 7.47. The van der Waals surface area contributed by atoms with Crippen LogP contribution in [0.5, 0.6) is 0 Å². The summed E-state index contributed by atoms with van der Waals surface area (Å²) in [6.07, 6.45) is -5.18. The predicted molar refractivity (Wildman–Crippen MR) is 107 cm³/mol. The van der Waals surface area contributed by atoms with E-state index in [0.717, 1.165) is 62.3 Å². The van der Waals surface area contributed by atoms with Crippen LogP contribution in [-0.4, -0.2) is 23.9 Å². The van der Waals surface area contributed by atoms with Crippen molar-refractivity contribution in [2.75, 3.05) is 19.3 Å². The molecule has 30 heavy (non-hydrogen) atoms. The van der Waals surface area contributed by atoms with Gasteiger partial charge >= 0.3 is 12.4 Å². The van der Waals surface area contributed by atoms with Crippen molar-refractivity contribution in [3.63, 3.8) is 0 Å². The number of nitrogens with one attached hydrogen (secondary N) is 1. The molecule has 1 N–H and O–H groups in total. The minimum absolute atomic E-state index is 0.00294. The van der Waals surface area contributed by atoms with E-state index in [9.17, 15) is 26.3 Å².